The van der Waals surface area contributed by atoms with Crippen molar-refractivity contribution >= 4 is 35.8 Å². The topological polar surface area (TPSA) is 12.9 Å². The molecule has 0 radical (unpaired) electrons. The van der Waals surface area contributed by atoms with Crippen molar-refractivity contribution in [1.29, 1.82) is 0 Å². The van der Waals surface area contributed by atoms with E-state index in [1.807, 2.05) is 0 Å². The van der Waals surface area contributed by atoms with Crippen LogP contribution in [0.4, 0.5) is 0 Å². The van der Waals surface area contributed by atoms with Crippen LogP contribution in [0.25, 0.3) is 0 Å². The van der Waals surface area contributed by atoms with Crippen LogP contribution in [0.2, 0.25) is 10.2 Å². The zero-order chi connectivity index (χ0) is 6.85. The number of nitrogens with zero attached hydrogens (tertiary/aromatic N) is 1. The second-order valence-corrected chi connectivity index (χ2v) is 2.64. The molecule has 0 amide bonds. The molecule has 1 rings (SSSR count). The molecule has 48 valence electrons. The highest BCUT2D eigenvalue weighted by atomic mass is 35.5. The number of pyridine rings is 1. The Bertz CT molecular complexity index is 206. The van der Waals surface area contributed by atoms with Gasteiger partial charge >= 0.3 is 0 Å². The molecule has 0 aliphatic rings. The third-order valence-corrected chi connectivity index (χ3v) is 2.15. The van der Waals surface area contributed by atoms with E-state index in [2.05, 4.69) is 17.6 Å². The molecular formula is C5H3Cl2NS. The average Bonchev–Trinajstić information content (AvgIpc) is 1.83. The fourth-order valence-corrected chi connectivity index (χ4v) is 0.891. The molecule has 0 fully saturated rings. The predicted octanol–water partition coefficient (Wildman–Crippen LogP) is 2.68. The first-order chi connectivity index (χ1) is 4.22. The number of rotatable bonds is 0. The molecular weight excluding hydrogens is 177 g/mol. The Morgan fingerprint density at radius 2 is 2.11 bits per heavy atom. The van der Waals surface area contributed by atoms with Crippen molar-refractivity contribution in [2.75, 3.05) is 0 Å². The number of aromatic nitrogens is 1. The summed E-state index contributed by atoms with van der Waals surface area (Å²) in [5.41, 5.74) is 0. The van der Waals surface area contributed by atoms with Gasteiger partial charge in [0.25, 0.3) is 0 Å². The molecule has 0 saturated heterocycles. The van der Waals surface area contributed by atoms with Gasteiger partial charge in [0.05, 0.1) is 9.92 Å². The maximum Gasteiger partial charge on any atom is 0.143 e. The van der Waals surface area contributed by atoms with Gasteiger partial charge in [-0.3, -0.25) is 0 Å². The van der Waals surface area contributed by atoms with E-state index in [0.717, 1.165) is 0 Å². The number of thiol groups is 1. The van der Waals surface area contributed by atoms with Crippen LogP contribution < -0.4 is 0 Å². The van der Waals surface area contributed by atoms with Gasteiger partial charge in [0.1, 0.15) is 5.15 Å². The van der Waals surface area contributed by atoms with Crippen LogP contribution in [0.5, 0.6) is 0 Å². The van der Waals surface area contributed by atoms with Crippen molar-refractivity contribution in [3.8, 4) is 0 Å². The zero-order valence-corrected chi connectivity index (χ0v) is 6.71. The summed E-state index contributed by atoms with van der Waals surface area (Å²) >= 11 is 15.1. The zero-order valence-electron chi connectivity index (χ0n) is 4.31. The summed E-state index contributed by atoms with van der Waals surface area (Å²) in [5, 5.41) is 0.865. The van der Waals surface area contributed by atoms with E-state index >= 15 is 0 Å². The van der Waals surface area contributed by atoms with Gasteiger partial charge in [-0.05, 0) is 6.07 Å². The van der Waals surface area contributed by atoms with E-state index in [1.165, 1.54) is 6.20 Å². The molecule has 1 heterocycles. The van der Waals surface area contributed by atoms with Crippen molar-refractivity contribution in [3.05, 3.63) is 22.4 Å². The summed E-state index contributed by atoms with van der Waals surface area (Å²) in [4.78, 5) is 4.27. The average molecular weight is 180 g/mol. The first kappa shape index (κ1) is 7.19. The van der Waals surface area contributed by atoms with Gasteiger partial charge in [-0.2, -0.15) is 0 Å². The lowest BCUT2D eigenvalue weighted by atomic mass is 10.5. The maximum absolute atomic E-state index is 5.61. The molecule has 0 spiro atoms. The molecule has 0 aliphatic heterocycles. The standard InChI is InChI=1S/C5H3Cl2NS/c6-3-1-2-8-5(7)4(3)9/h1-2,9H. The predicted molar refractivity (Wildman–Crippen MR) is 41.5 cm³/mol. The summed E-state index contributed by atoms with van der Waals surface area (Å²) in [6.07, 6.45) is 1.53. The van der Waals surface area contributed by atoms with Crippen LogP contribution in [-0.2, 0) is 0 Å². The smallest absolute Gasteiger partial charge is 0.143 e. The number of hydrogen-bond acceptors (Lipinski definition) is 2. The summed E-state index contributed by atoms with van der Waals surface area (Å²) < 4.78 is 0. The molecule has 0 unspecified atom stereocenters. The second kappa shape index (κ2) is 2.78. The summed E-state index contributed by atoms with van der Waals surface area (Å²) in [5.74, 6) is 0. The minimum absolute atomic E-state index is 0.339. The third kappa shape index (κ3) is 1.51. The Labute approximate surface area is 68.4 Å². The summed E-state index contributed by atoms with van der Waals surface area (Å²) in [6.45, 7) is 0. The lowest BCUT2D eigenvalue weighted by molar-refractivity contribution is 1.24. The molecule has 0 saturated carbocycles. The van der Waals surface area contributed by atoms with E-state index in [9.17, 15) is 0 Å². The van der Waals surface area contributed by atoms with E-state index in [-0.39, 0.29) is 0 Å². The van der Waals surface area contributed by atoms with Crippen molar-refractivity contribution in [3.63, 3.8) is 0 Å². The van der Waals surface area contributed by atoms with E-state index in [1.54, 1.807) is 6.07 Å². The molecule has 0 aromatic carbocycles. The maximum atomic E-state index is 5.61. The molecule has 4 heteroatoms. The molecule has 1 aromatic rings. The van der Waals surface area contributed by atoms with Crippen LogP contribution in [-0.4, -0.2) is 4.98 Å². The Hall–Kier alpha value is 0.0800. The first-order valence-corrected chi connectivity index (χ1v) is 3.41. The minimum Gasteiger partial charge on any atom is -0.243 e. The number of hydrogen-bond donors (Lipinski definition) is 1. The quantitative estimate of drug-likeness (QED) is 0.478. The fraction of sp³-hybridized carbons (Fsp3) is 0. The highest BCUT2D eigenvalue weighted by Gasteiger charge is 1.98. The largest absolute Gasteiger partial charge is 0.243 e. The summed E-state index contributed by atoms with van der Waals surface area (Å²) in [6, 6.07) is 1.63. The van der Waals surface area contributed by atoms with Gasteiger partial charge < -0.3 is 0 Å². The third-order valence-electron chi connectivity index (χ3n) is 0.830. The lowest BCUT2D eigenvalue weighted by Crippen LogP contribution is -1.75. The van der Waals surface area contributed by atoms with Crippen molar-refractivity contribution in [2.24, 2.45) is 0 Å². The minimum atomic E-state index is 0.339. The molecule has 1 aromatic heterocycles. The van der Waals surface area contributed by atoms with Crippen molar-refractivity contribution in [2.45, 2.75) is 4.90 Å². The molecule has 0 bridgehead atoms. The van der Waals surface area contributed by atoms with E-state index in [0.29, 0.717) is 15.1 Å². The molecule has 9 heavy (non-hydrogen) atoms. The Balaban J connectivity index is 3.25. The second-order valence-electron chi connectivity index (χ2n) is 1.43. The fourth-order valence-electron chi connectivity index (χ4n) is 0.407. The van der Waals surface area contributed by atoms with E-state index in [4.69, 9.17) is 23.2 Å². The molecule has 1 nitrogen and oxygen atoms in total. The van der Waals surface area contributed by atoms with Crippen LogP contribution in [0.3, 0.4) is 0 Å². The normalized spacial score (nSPS) is 9.67. The molecule has 0 N–H and O–H groups in total. The van der Waals surface area contributed by atoms with Gasteiger partial charge in [0, 0.05) is 6.20 Å². The van der Waals surface area contributed by atoms with Crippen LogP contribution in [0.15, 0.2) is 17.2 Å². The van der Waals surface area contributed by atoms with Crippen molar-refractivity contribution < 1.29 is 0 Å². The highest BCUT2D eigenvalue weighted by Crippen LogP contribution is 2.24. The summed E-state index contributed by atoms with van der Waals surface area (Å²) in [7, 11) is 0. The molecule has 0 atom stereocenters. The van der Waals surface area contributed by atoms with E-state index < -0.39 is 0 Å². The SMILES string of the molecule is Sc1c(Cl)ccnc1Cl. The Morgan fingerprint density at radius 1 is 1.44 bits per heavy atom. The van der Waals surface area contributed by atoms with Crippen LogP contribution in [0, 0.1) is 0 Å². The number of halogens is 2. The Kier molecular flexibility index (Phi) is 2.22. The lowest BCUT2D eigenvalue weighted by Gasteiger charge is -1.94. The van der Waals surface area contributed by atoms with Crippen LogP contribution >= 0.6 is 35.8 Å². The van der Waals surface area contributed by atoms with Gasteiger partial charge in [-0.25, -0.2) is 4.98 Å². The van der Waals surface area contributed by atoms with Gasteiger partial charge in [-0.1, -0.05) is 23.2 Å². The highest BCUT2D eigenvalue weighted by molar-refractivity contribution is 7.80. The van der Waals surface area contributed by atoms with Gasteiger partial charge in [0.15, 0.2) is 0 Å². The van der Waals surface area contributed by atoms with Crippen molar-refractivity contribution in [1.82, 2.24) is 4.98 Å². The first-order valence-electron chi connectivity index (χ1n) is 2.21. The van der Waals surface area contributed by atoms with Gasteiger partial charge in [0.2, 0.25) is 0 Å². The van der Waals surface area contributed by atoms with Crippen LogP contribution in [0.1, 0.15) is 0 Å². The van der Waals surface area contributed by atoms with Gasteiger partial charge in [-0.15, -0.1) is 12.6 Å². The molecule has 0 aliphatic carbocycles. The Morgan fingerprint density at radius 3 is 2.56 bits per heavy atom. The monoisotopic (exact) mass is 179 g/mol.